The number of benzene rings is 1. The Labute approximate surface area is 133 Å². The molecule has 0 aliphatic heterocycles. The van der Waals surface area contributed by atoms with Crippen molar-refractivity contribution in [2.75, 3.05) is 13.1 Å². The number of nitrogens with one attached hydrogen (secondary N) is 1. The van der Waals surface area contributed by atoms with Gasteiger partial charge in [-0.2, -0.15) is 5.10 Å². The Morgan fingerprint density at radius 1 is 1.24 bits per heavy atom. The fraction of sp³-hybridized carbons (Fsp3) is 0.471. The van der Waals surface area contributed by atoms with E-state index >= 15 is 0 Å². The molecule has 0 spiro atoms. The van der Waals surface area contributed by atoms with Gasteiger partial charge in [-0.3, -0.25) is 4.68 Å². The molecule has 2 aromatic rings. The van der Waals surface area contributed by atoms with Crippen LogP contribution in [0, 0.1) is 6.92 Å². The van der Waals surface area contributed by atoms with E-state index in [2.05, 4.69) is 29.6 Å². The summed E-state index contributed by atoms with van der Waals surface area (Å²) in [4.78, 5) is 0. The molecule has 116 valence electrons. The summed E-state index contributed by atoms with van der Waals surface area (Å²) in [6.07, 6.45) is 5.10. The van der Waals surface area contributed by atoms with E-state index in [9.17, 15) is 0 Å². The highest BCUT2D eigenvalue weighted by molar-refractivity contribution is 6.31. The molecule has 0 radical (unpaired) electrons. The molecular weight excluding hydrogens is 282 g/mol. The molecule has 1 N–H and O–H groups in total. The van der Waals surface area contributed by atoms with E-state index in [-0.39, 0.29) is 0 Å². The Kier molecular flexibility index (Phi) is 8.09. The summed E-state index contributed by atoms with van der Waals surface area (Å²) < 4.78 is 2.00. The number of halogens is 1. The molecule has 0 aliphatic carbocycles. The maximum Gasteiger partial charge on any atom is 0.0568 e. The van der Waals surface area contributed by atoms with Crippen molar-refractivity contribution in [3.8, 4) is 11.1 Å². The van der Waals surface area contributed by atoms with Gasteiger partial charge < -0.3 is 5.32 Å². The molecule has 0 saturated heterocycles. The van der Waals surface area contributed by atoms with E-state index in [1.165, 1.54) is 5.56 Å². The predicted octanol–water partition coefficient (Wildman–Crippen LogP) is 4.54. The SMILES string of the molecule is CC.CCNCCCn1cc(-c2ccc(Cl)c(C)c2)cn1. The van der Waals surface area contributed by atoms with Gasteiger partial charge in [0.1, 0.15) is 0 Å². The molecule has 1 heterocycles. The Balaban J connectivity index is 0.00000106. The van der Waals surface area contributed by atoms with Crippen LogP contribution in [0.4, 0.5) is 0 Å². The van der Waals surface area contributed by atoms with Gasteiger partial charge in [0.15, 0.2) is 0 Å². The fourth-order valence-electron chi connectivity index (χ4n) is 2.00. The van der Waals surface area contributed by atoms with Crippen molar-refractivity contribution in [2.45, 2.75) is 40.7 Å². The van der Waals surface area contributed by atoms with E-state index in [1.54, 1.807) is 0 Å². The quantitative estimate of drug-likeness (QED) is 0.794. The monoisotopic (exact) mass is 307 g/mol. The van der Waals surface area contributed by atoms with Crippen molar-refractivity contribution < 1.29 is 0 Å². The largest absolute Gasteiger partial charge is 0.317 e. The van der Waals surface area contributed by atoms with Gasteiger partial charge in [-0.15, -0.1) is 0 Å². The lowest BCUT2D eigenvalue weighted by atomic mass is 10.1. The van der Waals surface area contributed by atoms with Gasteiger partial charge in [0, 0.05) is 23.3 Å². The van der Waals surface area contributed by atoms with Crippen LogP contribution < -0.4 is 5.32 Å². The molecule has 0 unspecified atom stereocenters. The number of aryl methyl sites for hydroxylation is 2. The summed E-state index contributed by atoms with van der Waals surface area (Å²) in [5.41, 5.74) is 3.40. The van der Waals surface area contributed by atoms with Crippen LogP contribution >= 0.6 is 11.6 Å². The third kappa shape index (κ3) is 5.52. The number of aromatic nitrogens is 2. The number of hydrogen-bond donors (Lipinski definition) is 1. The first kappa shape index (κ1) is 17.7. The maximum atomic E-state index is 6.04. The standard InChI is InChI=1S/C15H20ClN3.C2H6/c1-3-17-7-4-8-19-11-14(10-18-19)13-5-6-15(16)12(2)9-13;1-2/h5-6,9-11,17H,3-4,7-8H2,1-2H3;1-2H3. The van der Waals surface area contributed by atoms with Crippen molar-refractivity contribution in [1.82, 2.24) is 15.1 Å². The van der Waals surface area contributed by atoms with Crippen molar-refractivity contribution in [3.05, 3.63) is 41.2 Å². The molecular formula is C17H26ClN3. The van der Waals surface area contributed by atoms with E-state index in [1.807, 2.05) is 43.8 Å². The fourth-order valence-corrected chi connectivity index (χ4v) is 2.12. The topological polar surface area (TPSA) is 29.9 Å². The zero-order chi connectivity index (χ0) is 15.7. The molecule has 21 heavy (non-hydrogen) atoms. The Hall–Kier alpha value is -1.32. The van der Waals surface area contributed by atoms with Gasteiger partial charge >= 0.3 is 0 Å². The minimum atomic E-state index is 0.807. The zero-order valence-electron chi connectivity index (χ0n) is 13.5. The number of rotatable bonds is 6. The molecule has 1 aromatic carbocycles. The van der Waals surface area contributed by atoms with Gasteiger partial charge in [-0.1, -0.05) is 38.4 Å². The number of hydrogen-bond acceptors (Lipinski definition) is 2. The molecule has 1 aromatic heterocycles. The van der Waals surface area contributed by atoms with Crippen LogP contribution in [0.25, 0.3) is 11.1 Å². The molecule has 3 nitrogen and oxygen atoms in total. The second kappa shape index (κ2) is 9.59. The van der Waals surface area contributed by atoms with Gasteiger partial charge in [-0.05, 0) is 49.7 Å². The van der Waals surface area contributed by atoms with Crippen LogP contribution in [0.15, 0.2) is 30.6 Å². The molecule has 0 atom stereocenters. The molecule has 4 heteroatoms. The van der Waals surface area contributed by atoms with Crippen molar-refractivity contribution in [1.29, 1.82) is 0 Å². The molecule has 0 saturated carbocycles. The summed E-state index contributed by atoms with van der Waals surface area (Å²) >= 11 is 6.04. The van der Waals surface area contributed by atoms with Crippen LogP contribution in [0.5, 0.6) is 0 Å². The predicted molar refractivity (Wildman–Crippen MR) is 91.9 cm³/mol. The van der Waals surface area contributed by atoms with Gasteiger partial charge in [0.25, 0.3) is 0 Å². The van der Waals surface area contributed by atoms with Crippen LogP contribution in [-0.4, -0.2) is 22.9 Å². The van der Waals surface area contributed by atoms with Gasteiger partial charge in [0.05, 0.1) is 6.20 Å². The Morgan fingerprint density at radius 3 is 2.67 bits per heavy atom. The second-order valence-electron chi connectivity index (χ2n) is 4.66. The normalized spacial score (nSPS) is 10.1. The van der Waals surface area contributed by atoms with Crippen LogP contribution in [0.3, 0.4) is 0 Å². The van der Waals surface area contributed by atoms with Crippen LogP contribution in [0.1, 0.15) is 32.8 Å². The minimum absolute atomic E-state index is 0.807. The van der Waals surface area contributed by atoms with Gasteiger partial charge in [-0.25, -0.2) is 0 Å². The highest BCUT2D eigenvalue weighted by atomic mass is 35.5. The van der Waals surface area contributed by atoms with Gasteiger partial charge in [0.2, 0.25) is 0 Å². The summed E-state index contributed by atoms with van der Waals surface area (Å²) in [6, 6.07) is 6.08. The first-order valence-electron chi connectivity index (χ1n) is 7.70. The lowest BCUT2D eigenvalue weighted by Gasteiger charge is -2.03. The zero-order valence-corrected chi connectivity index (χ0v) is 14.2. The molecule has 0 fully saturated rings. The highest BCUT2D eigenvalue weighted by Crippen LogP contribution is 2.24. The Bertz CT molecular complexity index is 535. The molecule has 2 rings (SSSR count). The lowest BCUT2D eigenvalue weighted by molar-refractivity contribution is 0.550. The third-order valence-corrected chi connectivity index (χ3v) is 3.54. The van der Waals surface area contributed by atoms with Crippen molar-refractivity contribution >= 4 is 11.6 Å². The first-order valence-corrected chi connectivity index (χ1v) is 8.08. The van der Waals surface area contributed by atoms with E-state index in [0.717, 1.165) is 42.2 Å². The van der Waals surface area contributed by atoms with E-state index in [0.29, 0.717) is 0 Å². The lowest BCUT2D eigenvalue weighted by Crippen LogP contribution is -2.16. The summed E-state index contributed by atoms with van der Waals surface area (Å²) in [6.45, 7) is 11.1. The summed E-state index contributed by atoms with van der Waals surface area (Å²) in [7, 11) is 0. The van der Waals surface area contributed by atoms with Crippen LogP contribution in [0.2, 0.25) is 5.02 Å². The molecule has 0 amide bonds. The van der Waals surface area contributed by atoms with Crippen LogP contribution in [-0.2, 0) is 6.54 Å². The van der Waals surface area contributed by atoms with E-state index < -0.39 is 0 Å². The molecule has 0 bridgehead atoms. The average Bonchev–Trinajstić information content (AvgIpc) is 2.97. The smallest absolute Gasteiger partial charge is 0.0568 e. The Morgan fingerprint density at radius 2 is 2.00 bits per heavy atom. The second-order valence-corrected chi connectivity index (χ2v) is 5.07. The first-order chi connectivity index (χ1) is 10.2. The third-order valence-electron chi connectivity index (χ3n) is 3.12. The van der Waals surface area contributed by atoms with E-state index in [4.69, 9.17) is 11.6 Å². The number of nitrogens with zero attached hydrogens (tertiary/aromatic N) is 2. The highest BCUT2D eigenvalue weighted by Gasteiger charge is 2.03. The molecule has 0 aliphatic rings. The average molecular weight is 308 g/mol. The maximum absolute atomic E-state index is 6.04. The summed E-state index contributed by atoms with van der Waals surface area (Å²) in [5, 5.41) is 8.52. The summed E-state index contributed by atoms with van der Waals surface area (Å²) in [5.74, 6) is 0. The van der Waals surface area contributed by atoms with Crippen molar-refractivity contribution in [3.63, 3.8) is 0 Å². The minimum Gasteiger partial charge on any atom is -0.317 e. The van der Waals surface area contributed by atoms with Crippen molar-refractivity contribution in [2.24, 2.45) is 0 Å².